The molecule has 0 atom stereocenters. The topological polar surface area (TPSA) is 98.3 Å². The smallest absolute Gasteiger partial charge is 0.406 e. The van der Waals surface area contributed by atoms with Crippen molar-refractivity contribution in [2.45, 2.75) is 31.3 Å². The van der Waals surface area contributed by atoms with Crippen LogP contribution in [0.15, 0.2) is 42.6 Å². The van der Waals surface area contributed by atoms with E-state index in [2.05, 4.69) is 24.8 Å². The summed E-state index contributed by atoms with van der Waals surface area (Å²) >= 11 is 0. The van der Waals surface area contributed by atoms with Crippen molar-refractivity contribution in [2.75, 3.05) is 50.0 Å². The summed E-state index contributed by atoms with van der Waals surface area (Å²) in [5.74, 6) is -0.699. The molecule has 1 aromatic carbocycles. The van der Waals surface area contributed by atoms with Gasteiger partial charge in [0, 0.05) is 38.9 Å². The highest BCUT2D eigenvalue weighted by Gasteiger charge is 2.65. The van der Waals surface area contributed by atoms with Crippen LogP contribution in [0.5, 0.6) is 5.75 Å². The average molecular weight is 533 g/mol. The molecule has 1 saturated carbocycles. The summed E-state index contributed by atoms with van der Waals surface area (Å²) in [5, 5.41) is 2.80. The molecule has 10 nitrogen and oxygen atoms in total. The lowest BCUT2D eigenvalue weighted by atomic mass is 10.2. The Morgan fingerprint density at radius 3 is 2.39 bits per heavy atom. The maximum atomic E-state index is 13.3. The van der Waals surface area contributed by atoms with Gasteiger partial charge < -0.3 is 19.9 Å². The van der Waals surface area contributed by atoms with E-state index in [4.69, 9.17) is 0 Å². The van der Waals surface area contributed by atoms with Crippen molar-refractivity contribution in [1.82, 2.24) is 19.7 Å². The number of halogens is 3. The van der Waals surface area contributed by atoms with Crippen molar-refractivity contribution >= 4 is 29.4 Å². The summed E-state index contributed by atoms with van der Waals surface area (Å²) in [6.45, 7) is 3.77. The van der Waals surface area contributed by atoms with Crippen molar-refractivity contribution in [3.8, 4) is 5.75 Å². The molecule has 0 bridgehead atoms. The van der Waals surface area contributed by atoms with Crippen LogP contribution in [-0.4, -0.2) is 89.2 Å². The quantitative estimate of drug-likeness (QED) is 0.548. The lowest BCUT2D eigenvalue weighted by Crippen LogP contribution is -2.47. The molecule has 5 rings (SSSR count). The highest BCUT2D eigenvalue weighted by Crippen LogP contribution is 2.49. The zero-order valence-electron chi connectivity index (χ0n) is 20.7. The normalized spacial score (nSPS) is 19.8. The Bertz CT molecular complexity index is 1230. The molecule has 1 aromatic heterocycles. The van der Waals surface area contributed by atoms with E-state index in [1.54, 1.807) is 12.1 Å². The number of anilines is 2. The van der Waals surface area contributed by atoms with E-state index in [0.717, 1.165) is 43.2 Å². The summed E-state index contributed by atoms with van der Waals surface area (Å²) < 4.78 is 41.3. The molecule has 3 heterocycles. The Hall–Kier alpha value is -3.71. The van der Waals surface area contributed by atoms with Crippen LogP contribution in [0, 0.1) is 0 Å². The molecule has 0 unspecified atom stereocenters. The van der Waals surface area contributed by atoms with Gasteiger partial charge in [0.2, 0.25) is 5.91 Å². The van der Waals surface area contributed by atoms with Crippen LogP contribution >= 0.6 is 0 Å². The van der Waals surface area contributed by atoms with E-state index in [9.17, 15) is 27.6 Å². The number of benzene rings is 1. The maximum Gasteiger partial charge on any atom is 0.573 e. The summed E-state index contributed by atoms with van der Waals surface area (Å²) in [4.78, 5) is 50.0. The SMILES string of the molecule is CN1CCN(CC(=O)Nc2cc(CN3C(=O)N(c4ccc(OC(F)(F)F)cc4)C(=O)C34CC4)ccn2)CC1. The first-order chi connectivity index (χ1) is 18.0. The van der Waals surface area contributed by atoms with Crippen LogP contribution in [-0.2, 0) is 16.1 Å². The van der Waals surface area contributed by atoms with Gasteiger partial charge in [-0.25, -0.2) is 14.7 Å². The molecule has 3 fully saturated rings. The van der Waals surface area contributed by atoms with E-state index >= 15 is 0 Å². The number of imide groups is 1. The number of rotatable bonds is 7. The number of aromatic nitrogens is 1. The summed E-state index contributed by atoms with van der Waals surface area (Å²) in [6, 6.07) is 7.43. The Morgan fingerprint density at radius 2 is 1.76 bits per heavy atom. The monoisotopic (exact) mass is 532 g/mol. The molecule has 13 heteroatoms. The van der Waals surface area contributed by atoms with Gasteiger partial charge in [-0.05, 0) is 61.9 Å². The van der Waals surface area contributed by atoms with E-state index in [1.807, 2.05) is 7.05 Å². The van der Waals surface area contributed by atoms with Gasteiger partial charge in [0.05, 0.1) is 12.2 Å². The molecule has 2 saturated heterocycles. The van der Waals surface area contributed by atoms with E-state index in [-0.39, 0.29) is 24.7 Å². The van der Waals surface area contributed by atoms with Crippen molar-refractivity contribution in [3.63, 3.8) is 0 Å². The lowest BCUT2D eigenvalue weighted by molar-refractivity contribution is -0.274. The average Bonchev–Trinajstić information content (AvgIpc) is 3.63. The van der Waals surface area contributed by atoms with Gasteiger partial charge in [-0.1, -0.05) is 0 Å². The number of alkyl halides is 3. The number of nitrogens with one attached hydrogen (secondary N) is 1. The first kappa shape index (κ1) is 25.9. The highest BCUT2D eigenvalue weighted by atomic mass is 19.4. The number of hydrogen-bond donors (Lipinski definition) is 1. The van der Waals surface area contributed by atoms with Crippen molar-refractivity contribution in [2.24, 2.45) is 0 Å². The van der Waals surface area contributed by atoms with Gasteiger partial charge in [-0.15, -0.1) is 13.2 Å². The molecular formula is C25H27F3N6O4. The molecule has 2 aliphatic heterocycles. The van der Waals surface area contributed by atoms with Crippen LogP contribution in [0.4, 0.5) is 29.5 Å². The first-order valence-electron chi connectivity index (χ1n) is 12.2. The second-order valence-electron chi connectivity index (χ2n) is 9.76. The molecule has 1 N–H and O–H groups in total. The van der Waals surface area contributed by atoms with Crippen LogP contribution < -0.4 is 15.0 Å². The predicted molar refractivity (Wildman–Crippen MR) is 130 cm³/mol. The number of amides is 4. The molecule has 1 aliphatic carbocycles. The fourth-order valence-electron chi connectivity index (χ4n) is 4.77. The van der Waals surface area contributed by atoms with Crippen molar-refractivity contribution in [3.05, 3.63) is 48.2 Å². The standard InChI is InChI=1S/C25H27F3N6O4/c1-31-10-12-32(13-11-31)16-21(35)30-20-14-17(6-9-29-20)15-33-23(37)34(22(36)24(33)7-8-24)18-2-4-19(5-3-18)38-25(26,27)28/h2-6,9,14H,7-8,10-13,15-16H2,1H3,(H,29,30,35). The Labute approximate surface area is 216 Å². The minimum atomic E-state index is -4.84. The fourth-order valence-corrected chi connectivity index (χ4v) is 4.77. The number of piperazine rings is 1. The second kappa shape index (κ2) is 9.87. The molecular weight excluding hydrogens is 505 g/mol. The van der Waals surface area contributed by atoms with Crippen molar-refractivity contribution in [1.29, 1.82) is 0 Å². The van der Waals surface area contributed by atoms with Gasteiger partial charge in [0.1, 0.15) is 17.1 Å². The van der Waals surface area contributed by atoms with E-state index < -0.39 is 29.6 Å². The molecule has 0 radical (unpaired) electrons. The van der Waals surface area contributed by atoms with Gasteiger partial charge >= 0.3 is 12.4 Å². The fraction of sp³-hybridized carbons (Fsp3) is 0.440. The van der Waals surface area contributed by atoms with E-state index in [1.165, 1.54) is 23.2 Å². The minimum Gasteiger partial charge on any atom is -0.406 e. The summed E-state index contributed by atoms with van der Waals surface area (Å²) in [7, 11) is 2.04. The van der Waals surface area contributed by atoms with Gasteiger partial charge in [-0.2, -0.15) is 0 Å². The van der Waals surface area contributed by atoms with Crippen molar-refractivity contribution < 1.29 is 32.3 Å². The Morgan fingerprint density at radius 1 is 1.08 bits per heavy atom. The zero-order valence-corrected chi connectivity index (χ0v) is 20.7. The maximum absolute atomic E-state index is 13.3. The Balaban J connectivity index is 1.26. The third kappa shape index (κ3) is 5.43. The summed E-state index contributed by atoms with van der Waals surface area (Å²) in [5.41, 5.74) is -0.139. The summed E-state index contributed by atoms with van der Waals surface area (Å²) in [6.07, 6.45) is -2.34. The zero-order chi connectivity index (χ0) is 27.1. The number of likely N-dealkylation sites (N-methyl/N-ethyl adjacent to an activating group) is 1. The lowest BCUT2D eigenvalue weighted by Gasteiger charge is -2.31. The van der Waals surface area contributed by atoms with Crippen LogP contribution in [0.25, 0.3) is 0 Å². The molecule has 202 valence electrons. The van der Waals surface area contributed by atoms with Crippen LogP contribution in [0.2, 0.25) is 0 Å². The number of carbonyl (C=O) groups is 3. The third-order valence-electron chi connectivity index (χ3n) is 6.99. The number of pyridine rings is 1. The number of hydrogen-bond acceptors (Lipinski definition) is 7. The number of ether oxygens (including phenoxy) is 1. The molecule has 2 aromatic rings. The highest BCUT2D eigenvalue weighted by molar-refractivity contribution is 6.24. The van der Waals surface area contributed by atoms with Crippen LogP contribution in [0.1, 0.15) is 18.4 Å². The second-order valence-corrected chi connectivity index (χ2v) is 9.76. The van der Waals surface area contributed by atoms with Gasteiger partial charge in [0.25, 0.3) is 5.91 Å². The first-order valence-corrected chi connectivity index (χ1v) is 12.2. The molecule has 3 aliphatic rings. The van der Waals surface area contributed by atoms with Crippen LogP contribution in [0.3, 0.4) is 0 Å². The number of urea groups is 1. The predicted octanol–water partition coefficient (Wildman–Crippen LogP) is 2.67. The minimum absolute atomic E-state index is 0.111. The van der Waals surface area contributed by atoms with Gasteiger partial charge in [-0.3, -0.25) is 14.5 Å². The van der Waals surface area contributed by atoms with Gasteiger partial charge in [0.15, 0.2) is 0 Å². The number of carbonyl (C=O) groups excluding carboxylic acids is 3. The number of nitrogens with zero attached hydrogens (tertiary/aromatic N) is 5. The molecule has 1 spiro atoms. The van der Waals surface area contributed by atoms with E-state index in [0.29, 0.717) is 24.2 Å². The molecule has 38 heavy (non-hydrogen) atoms. The Kier molecular flexibility index (Phi) is 6.73. The third-order valence-corrected chi connectivity index (χ3v) is 6.99. The molecule has 4 amide bonds. The largest absolute Gasteiger partial charge is 0.573 e.